The molecule has 0 aromatic heterocycles. The molecule has 1 heterocycles. The van der Waals surface area contributed by atoms with E-state index in [9.17, 15) is 5.11 Å². The van der Waals surface area contributed by atoms with Crippen LogP contribution < -0.4 is 5.32 Å². The van der Waals surface area contributed by atoms with Crippen LogP contribution in [0.15, 0.2) is 0 Å². The maximum atomic E-state index is 9.75. The van der Waals surface area contributed by atoms with Gasteiger partial charge >= 0.3 is 0 Å². The molecule has 1 saturated heterocycles. The first-order valence-corrected chi connectivity index (χ1v) is 6.55. The minimum Gasteiger partial charge on any atom is -0.393 e. The van der Waals surface area contributed by atoms with Gasteiger partial charge in [-0.3, -0.25) is 0 Å². The standard InChI is InChI=1S/C13H27NO2/c1-4-13(3,11(2)15)10-14-9-12-5-7-16-8-6-12/h11-12,14-15H,4-10H2,1-3H3. The van der Waals surface area contributed by atoms with Gasteiger partial charge in [0.15, 0.2) is 0 Å². The van der Waals surface area contributed by atoms with Gasteiger partial charge in [-0.1, -0.05) is 13.8 Å². The number of aliphatic hydroxyl groups excluding tert-OH is 1. The van der Waals surface area contributed by atoms with Crippen LogP contribution in [0, 0.1) is 11.3 Å². The van der Waals surface area contributed by atoms with Gasteiger partial charge in [0.1, 0.15) is 0 Å². The van der Waals surface area contributed by atoms with Crippen molar-refractivity contribution in [3.05, 3.63) is 0 Å². The highest BCUT2D eigenvalue weighted by Gasteiger charge is 2.27. The number of hydrogen-bond acceptors (Lipinski definition) is 3. The van der Waals surface area contributed by atoms with Crippen LogP contribution >= 0.6 is 0 Å². The van der Waals surface area contributed by atoms with E-state index in [0.29, 0.717) is 0 Å². The molecule has 96 valence electrons. The molecule has 0 amide bonds. The molecule has 1 aliphatic rings. The van der Waals surface area contributed by atoms with Crippen LogP contribution in [0.2, 0.25) is 0 Å². The molecule has 16 heavy (non-hydrogen) atoms. The van der Waals surface area contributed by atoms with Crippen molar-refractivity contribution in [2.24, 2.45) is 11.3 Å². The second kappa shape index (κ2) is 6.58. The Morgan fingerprint density at radius 2 is 2.06 bits per heavy atom. The molecule has 0 spiro atoms. The van der Waals surface area contributed by atoms with E-state index in [-0.39, 0.29) is 11.5 Å². The molecule has 0 saturated carbocycles. The van der Waals surface area contributed by atoms with Crippen LogP contribution in [0.3, 0.4) is 0 Å². The lowest BCUT2D eigenvalue weighted by atomic mass is 9.82. The smallest absolute Gasteiger partial charge is 0.0577 e. The number of hydrogen-bond donors (Lipinski definition) is 2. The Morgan fingerprint density at radius 1 is 1.44 bits per heavy atom. The molecule has 1 fully saturated rings. The highest BCUT2D eigenvalue weighted by molar-refractivity contribution is 4.81. The maximum absolute atomic E-state index is 9.75. The molecule has 0 bridgehead atoms. The Hall–Kier alpha value is -0.120. The van der Waals surface area contributed by atoms with E-state index in [2.05, 4.69) is 19.2 Å². The third-order valence-corrected chi connectivity index (χ3v) is 4.12. The number of ether oxygens (including phenoxy) is 1. The van der Waals surface area contributed by atoms with Crippen LogP contribution in [-0.4, -0.2) is 37.5 Å². The maximum Gasteiger partial charge on any atom is 0.0577 e. The molecule has 3 nitrogen and oxygen atoms in total. The normalized spacial score (nSPS) is 24.0. The zero-order valence-electron chi connectivity index (χ0n) is 11.0. The van der Waals surface area contributed by atoms with E-state index >= 15 is 0 Å². The van der Waals surface area contributed by atoms with Crippen LogP contribution in [0.5, 0.6) is 0 Å². The quantitative estimate of drug-likeness (QED) is 0.730. The van der Waals surface area contributed by atoms with Crippen molar-refractivity contribution >= 4 is 0 Å². The van der Waals surface area contributed by atoms with Gasteiger partial charge in [-0.2, -0.15) is 0 Å². The van der Waals surface area contributed by atoms with E-state index < -0.39 is 0 Å². The van der Waals surface area contributed by atoms with Crippen molar-refractivity contribution in [2.75, 3.05) is 26.3 Å². The van der Waals surface area contributed by atoms with Gasteiger partial charge in [-0.25, -0.2) is 0 Å². The van der Waals surface area contributed by atoms with Gasteiger partial charge < -0.3 is 15.2 Å². The summed E-state index contributed by atoms with van der Waals surface area (Å²) in [5, 5.41) is 13.3. The van der Waals surface area contributed by atoms with Crippen molar-refractivity contribution in [1.82, 2.24) is 5.32 Å². The molecule has 2 N–H and O–H groups in total. The van der Waals surface area contributed by atoms with Crippen molar-refractivity contribution in [2.45, 2.75) is 46.1 Å². The molecular weight excluding hydrogens is 202 g/mol. The molecule has 0 radical (unpaired) electrons. The molecule has 0 aliphatic carbocycles. The molecule has 1 aliphatic heterocycles. The van der Waals surface area contributed by atoms with Gasteiger partial charge in [0, 0.05) is 25.2 Å². The summed E-state index contributed by atoms with van der Waals surface area (Å²) in [7, 11) is 0. The Bertz CT molecular complexity index is 190. The average molecular weight is 229 g/mol. The molecule has 2 atom stereocenters. The SMILES string of the molecule is CCC(C)(CNCC1CCOCC1)C(C)O. The van der Waals surface area contributed by atoms with Gasteiger partial charge in [0.25, 0.3) is 0 Å². The topological polar surface area (TPSA) is 41.5 Å². The molecule has 1 rings (SSSR count). The lowest BCUT2D eigenvalue weighted by Crippen LogP contribution is -2.41. The summed E-state index contributed by atoms with van der Waals surface area (Å²) in [6.45, 7) is 9.96. The summed E-state index contributed by atoms with van der Waals surface area (Å²) >= 11 is 0. The summed E-state index contributed by atoms with van der Waals surface area (Å²) in [5.41, 5.74) is 0.00513. The number of rotatable bonds is 6. The highest BCUT2D eigenvalue weighted by Crippen LogP contribution is 2.25. The van der Waals surface area contributed by atoms with Crippen molar-refractivity contribution in [3.8, 4) is 0 Å². The third-order valence-electron chi connectivity index (χ3n) is 4.12. The summed E-state index contributed by atoms with van der Waals surface area (Å²) in [4.78, 5) is 0. The van der Waals surface area contributed by atoms with Gasteiger partial charge in [-0.05, 0) is 38.6 Å². The first-order chi connectivity index (χ1) is 7.58. The van der Waals surface area contributed by atoms with Crippen molar-refractivity contribution < 1.29 is 9.84 Å². The minimum atomic E-state index is -0.250. The van der Waals surface area contributed by atoms with E-state index in [1.165, 1.54) is 12.8 Å². The Morgan fingerprint density at radius 3 is 2.56 bits per heavy atom. The molecule has 2 unspecified atom stereocenters. The first kappa shape index (κ1) is 13.9. The lowest BCUT2D eigenvalue weighted by molar-refractivity contribution is 0.0426. The van der Waals surface area contributed by atoms with E-state index in [4.69, 9.17) is 4.74 Å². The van der Waals surface area contributed by atoms with Crippen LogP contribution in [0.1, 0.15) is 40.0 Å². The predicted molar refractivity (Wildman–Crippen MR) is 66.5 cm³/mol. The molecule has 3 heteroatoms. The third kappa shape index (κ3) is 4.04. The lowest BCUT2D eigenvalue weighted by Gasteiger charge is -2.33. The summed E-state index contributed by atoms with van der Waals surface area (Å²) < 4.78 is 5.34. The Balaban J connectivity index is 2.22. The average Bonchev–Trinajstić information content (AvgIpc) is 2.30. The van der Waals surface area contributed by atoms with Crippen LogP contribution in [-0.2, 0) is 4.74 Å². The van der Waals surface area contributed by atoms with Gasteiger partial charge in [0.05, 0.1) is 6.10 Å². The van der Waals surface area contributed by atoms with Crippen LogP contribution in [0.4, 0.5) is 0 Å². The monoisotopic (exact) mass is 229 g/mol. The summed E-state index contributed by atoms with van der Waals surface area (Å²) in [6.07, 6.45) is 3.10. The molecular formula is C13H27NO2. The fraction of sp³-hybridized carbons (Fsp3) is 1.00. The van der Waals surface area contributed by atoms with Crippen molar-refractivity contribution in [3.63, 3.8) is 0 Å². The predicted octanol–water partition coefficient (Wildman–Crippen LogP) is 1.80. The van der Waals surface area contributed by atoms with E-state index in [1.807, 2.05) is 6.92 Å². The summed E-state index contributed by atoms with van der Waals surface area (Å²) in [5.74, 6) is 0.754. The zero-order valence-corrected chi connectivity index (χ0v) is 11.0. The summed E-state index contributed by atoms with van der Waals surface area (Å²) in [6, 6.07) is 0. The Kier molecular flexibility index (Phi) is 5.73. The zero-order chi connectivity index (χ0) is 12.0. The second-order valence-corrected chi connectivity index (χ2v) is 5.37. The van der Waals surface area contributed by atoms with Crippen LogP contribution in [0.25, 0.3) is 0 Å². The number of aliphatic hydroxyl groups is 1. The largest absolute Gasteiger partial charge is 0.393 e. The first-order valence-electron chi connectivity index (χ1n) is 6.55. The minimum absolute atomic E-state index is 0.00513. The Labute approximate surface area is 99.6 Å². The second-order valence-electron chi connectivity index (χ2n) is 5.37. The fourth-order valence-electron chi connectivity index (χ4n) is 2.08. The van der Waals surface area contributed by atoms with E-state index in [1.54, 1.807) is 0 Å². The highest BCUT2D eigenvalue weighted by atomic mass is 16.5. The van der Waals surface area contributed by atoms with Gasteiger partial charge in [0.2, 0.25) is 0 Å². The number of nitrogens with one attached hydrogen (secondary N) is 1. The van der Waals surface area contributed by atoms with E-state index in [0.717, 1.165) is 38.6 Å². The molecule has 0 aromatic carbocycles. The van der Waals surface area contributed by atoms with Crippen molar-refractivity contribution in [1.29, 1.82) is 0 Å². The fourth-order valence-corrected chi connectivity index (χ4v) is 2.08. The molecule has 0 aromatic rings. The van der Waals surface area contributed by atoms with Gasteiger partial charge in [-0.15, -0.1) is 0 Å².